The molecule has 3 rings (SSSR count). The summed E-state index contributed by atoms with van der Waals surface area (Å²) in [6, 6.07) is 3.51. The molecule has 5 nitrogen and oxygen atoms in total. The molecule has 19 heavy (non-hydrogen) atoms. The number of rotatable bonds is 2. The van der Waals surface area contributed by atoms with Gasteiger partial charge in [0.15, 0.2) is 0 Å². The third-order valence-corrected chi connectivity index (χ3v) is 4.12. The predicted molar refractivity (Wildman–Crippen MR) is 70.1 cm³/mol. The summed E-state index contributed by atoms with van der Waals surface area (Å²) < 4.78 is 0. The number of anilines is 1. The number of carbonyl (C=O) groups excluding carboxylic acids is 2. The lowest BCUT2D eigenvalue weighted by Gasteiger charge is -2.19. The Morgan fingerprint density at radius 1 is 1.16 bits per heavy atom. The Balaban J connectivity index is 1.91. The maximum atomic E-state index is 12.3. The Morgan fingerprint density at radius 2 is 1.79 bits per heavy atom. The Morgan fingerprint density at radius 3 is 2.26 bits per heavy atom. The molecule has 2 N–H and O–H groups in total. The van der Waals surface area contributed by atoms with E-state index in [1.54, 1.807) is 12.3 Å². The van der Waals surface area contributed by atoms with E-state index in [1.165, 1.54) is 4.90 Å². The van der Waals surface area contributed by atoms with E-state index < -0.39 is 0 Å². The Kier molecular flexibility index (Phi) is 3.06. The molecule has 0 radical (unpaired) electrons. The normalized spacial score (nSPS) is 26.7. The first-order valence-corrected chi connectivity index (χ1v) is 6.75. The highest BCUT2D eigenvalue weighted by Gasteiger charge is 2.49. The van der Waals surface area contributed by atoms with Crippen molar-refractivity contribution in [3.63, 3.8) is 0 Å². The molecule has 1 saturated carbocycles. The van der Waals surface area contributed by atoms with Gasteiger partial charge in [-0.25, -0.2) is 9.88 Å². The minimum atomic E-state index is -0.128. The SMILES string of the molecule is NCc1ccc(N2C(=O)C3CCCCC3C2=O)nc1. The molecule has 2 amide bonds. The van der Waals surface area contributed by atoms with Crippen molar-refractivity contribution in [3.05, 3.63) is 23.9 Å². The van der Waals surface area contributed by atoms with Crippen molar-refractivity contribution in [3.8, 4) is 0 Å². The van der Waals surface area contributed by atoms with Crippen LogP contribution in [0.3, 0.4) is 0 Å². The summed E-state index contributed by atoms with van der Waals surface area (Å²) in [5.74, 6) is 0.0152. The van der Waals surface area contributed by atoms with E-state index in [9.17, 15) is 9.59 Å². The van der Waals surface area contributed by atoms with Crippen molar-refractivity contribution in [1.82, 2.24) is 4.98 Å². The van der Waals surface area contributed by atoms with Crippen LogP contribution in [-0.4, -0.2) is 16.8 Å². The van der Waals surface area contributed by atoms with E-state index in [-0.39, 0.29) is 23.7 Å². The minimum Gasteiger partial charge on any atom is -0.326 e. The van der Waals surface area contributed by atoms with Crippen LogP contribution in [0.1, 0.15) is 31.2 Å². The first-order chi connectivity index (χ1) is 9.22. The second-order valence-corrected chi connectivity index (χ2v) is 5.24. The summed E-state index contributed by atoms with van der Waals surface area (Å²) >= 11 is 0. The van der Waals surface area contributed by atoms with Gasteiger partial charge in [-0.1, -0.05) is 18.9 Å². The fourth-order valence-electron chi connectivity index (χ4n) is 3.06. The largest absolute Gasteiger partial charge is 0.326 e. The second-order valence-electron chi connectivity index (χ2n) is 5.24. The monoisotopic (exact) mass is 259 g/mol. The molecule has 0 spiro atoms. The third-order valence-electron chi connectivity index (χ3n) is 4.12. The molecule has 0 aromatic carbocycles. The van der Waals surface area contributed by atoms with Crippen LogP contribution in [0.15, 0.2) is 18.3 Å². The molecule has 1 aromatic heterocycles. The van der Waals surface area contributed by atoms with Gasteiger partial charge in [0, 0.05) is 12.7 Å². The van der Waals surface area contributed by atoms with Crippen LogP contribution >= 0.6 is 0 Å². The van der Waals surface area contributed by atoms with Crippen LogP contribution < -0.4 is 10.6 Å². The van der Waals surface area contributed by atoms with Crippen LogP contribution in [0.5, 0.6) is 0 Å². The second kappa shape index (κ2) is 4.74. The maximum absolute atomic E-state index is 12.3. The van der Waals surface area contributed by atoms with Crippen molar-refractivity contribution < 1.29 is 9.59 Å². The molecule has 1 aliphatic heterocycles. The fraction of sp³-hybridized carbons (Fsp3) is 0.500. The summed E-state index contributed by atoms with van der Waals surface area (Å²) in [5.41, 5.74) is 6.41. The van der Waals surface area contributed by atoms with Crippen molar-refractivity contribution in [2.75, 3.05) is 4.90 Å². The molecule has 1 saturated heterocycles. The highest BCUT2D eigenvalue weighted by molar-refractivity contribution is 6.21. The molecule has 1 aliphatic carbocycles. The van der Waals surface area contributed by atoms with Crippen LogP contribution in [-0.2, 0) is 16.1 Å². The summed E-state index contributed by atoms with van der Waals surface area (Å²) in [4.78, 5) is 30.2. The highest BCUT2D eigenvalue weighted by Crippen LogP contribution is 2.39. The van der Waals surface area contributed by atoms with Crippen molar-refractivity contribution >= 4 is 17.6 Å². The summed E-state index contributed by atoms with van der Waals surface area (Å²) in [6.45, 7) is 0.403. The van der Waals surface area contributed by atoms with E-state index in [0.717, 1.165) is 31.2 Å². The zero-order chi connectivity index (χ0) is 13.4. The maximum Gasteiger partial charge on any atom is 0.238 e. The van der Waals surface area contributed by atoms with Gasteiger partial charge in [0.2, 0.25) is 11.8 Å². The van der Waals surface area contributed by atoms with Gasteiger partial charge in [-0.05, 0) is 24.5 Å². The first-order valence-electron chi connectivity index (χ1n) is 6.75. The smallest absolute Gasteiger partial charge is 0.238 e. The summed E-state index contributed by atoms with van der Waals surface area (Å²) in [7, 11) is 0. The van der Waals surface area contributed by atoms with Gasteiger partial charge in [-0.3, -0.25) is 9.59 Å². The highest BCUT2D eigenvalue weighted by atomic mass is 16.2. The lowest BCUT2D eigenvalue weighted by molar-refractivity contribution is -0.122. The number of amides is 2. The number of hydrogen-bond acceptors (Lipinski definition) is 4. The molecular formula is C14H17N3O2. The van der Waals surface area contributed by atoms with Crippen LogP contribution in [0.2, 0.25) is 0 Å². The first kappa shape index (κ1) is 12.3. The van der Waals surface area contributed by atoms with Gasteiger partial charge >= 0.3 is 0 Å². The minimum absolute atomic E-state index is 0.0808. The van der Waals surface area contributed by atoms with Crippen molar-refractivity contribution in [2.24, 2.45) is 17.6 Å². The number of carbonyl (C=O) groups is 2. The van der Waals surface area contributed by atoms with Gasteiger partial charge in [0.1, 0.15) is 5.82 Å². The number of hydrogen-bond donors (Lipinski definition) is 1. The van der Waals surface area contributed by atoms with E-state index >= 15 is 0 Å². The molecule has 100 valence electrons. The predicted octanol–water partition coefficient (Wildman–Crippen LogP) is 1.22. The Hall–Kier alpha value is -1.75. The molecule has 5 heteroatoms. The van der Waals surface area contributed by atoms with Gasteiger partial charge < -0.3 is 5.73 Å². The lowest BCUT2D eigenvalue weighted by atomic mass is 9.81. The number of fused-ring (bicyclic) bond motifs is 1. The average Bonchev–Trinajstić information content (AvgIpc) is 2.72. The Labute approximate surface area is 111 Å². The zero-order valence-electron chi connectivity index (χ0n) is 10.7. The third kappa shape index (κ3) is 1.94. The number of imide groups is 1. The van der Waals surface area contributed by atoms with Crippen molar-refractivity contribution in [2.45, 2.75) is 32.2 Å². The number of nitrogens with zero attached hydrogens (tertiary/aromatic N) is 2. The Bertz CT molecular complexity index is 488. The zero-order valence-corrected chi connectivity index (χ0v) is 10.7. The van der Waals surface area contributed by atoms with Crippen LogP contribution in [0.4, 0.5) is 5.82 Å². The summed E-state index contributed by atoms with van der Waals surface area (Å²) in [6.07, 6.45) is 5.35. The summed E-state index contributed by atoms with van der Waals surface area (Å²) in [5, 5.41) is 0. The molecular weight excluding hydrogens is 242 g/mol. The van der Waals surface area contributed by atoms with Gasteiger partial charge in [0.05, 0.1) is 11.8 Å². The van der Waals surface area contributed by atoms with Gasteiger partial charge in [-0.2, -0.15) is 0 Å². The van der Waals surface area contributed by atoms with E-state index in [4.69, 9.17) is 5.73 Å². The molecule has 2 atom stereocenters. The molecule has 0 bridgehead atoms. The standard InChI is InChI=1S/C14H17N3O2/c15-7-9-5-6-12(16-8-9)17-13(18)10-3-1-2-4-11(10)14(17)19/h5-6,8,10-11H,1-4,7,15H2. The van der Waals surface area contributed by atoms with Crippen LogP contribution in [0, 0.1) is 11.8 Å². The van der Waals surface area contributed by atoms with Crippen molar-refractivity contribution in [1.29, 1.82) is 0 Å². The fourth-order valence-corrected chi connectivity index (χ4v) is 3.06. The number of pyridine rings is 1. The molecule has 1 aromatic rings. The topological polar surface area (TPSA) is 76.3 Å². The molecule has 2 aliphatic rings. The quantitative estimate of drug-likeness (QED) is 0.810. The van der Waals surface area contributed by atoms with E-state index in [2.05, 4.69) is 4.98 Å². The van der Waals surface area contributed by atoms with E-state index in [1.807, 2.05) is 6.07 Å². The molecule has 2 fully saturated rings. The number of aromatic nitrogens is 1. The van der Waals surface area contributed by atoms with E-state index in [0.29, 0.717) is 12.4 Å². The van der Waals surface area contributed by atoms with Gasteiger partial charge in [-0.15, -0.1) is 0 Å². The molecule has 2 heterocycles. The van der Waals surface area contributed by atoms with Gasteiger partial charge in [0.25, 0.3) is 0 Å². The lowest BCUT2D eigenvalue weighted by Crippen LogP contribution is -2.31. The number of nitrogens with two attached hydrogens (primary N) is 1. The molecule has 2 unspecified atom stereocenters. The van der Waals surface area contributed by atoms with Crippen LogP contribution in [0.25, 0.3) is 0 Å². The average molecular weight is 259 g/mol.